The van der Waals surface area contributed by atoms with Crippen LogP contribution in [-0.2, 0) is 0 Å². The molecule has 0 saturated heterocycles. The van der Waals surface area contributed by atoms with Crippen LogP contribution in [0.25, 0.3) is 93.6 Å². The topological polar surface area (TPSA) is 86.2 Å². The van der Waals surface area contributed by atoms with E-state index in [1.807, 2.05) is 66.7 Å². The molecule has 0 aliphatic carbocycles. The van der Waals surface area contributed by atoms with Gasteiger partial charge in [0.1, 0.15) is 6.07 Å². The van der Waals surface area contributed by atoms with Crippen LogP contribution in [0.3, 0.4) is 0 Å². The van der Waals surface area contributed by atoms with Gasteiger partial charge in [-0.3, -0.25) is 0 Å². The van der Waals surface area contributed by atoms with E-state index in [4.69, 9.17) is 0 Å². The standard InChI is InChI=1S/C51H28N6/c52-29-32-20-23-42-40-12-3-6-16-46(40)56(50(42)26-32)44-25-21-33(27-35(44)31-54)37-24-22-36(28-34(37)30-53)55-45-15-5-4-13-41(45)43-14-9-19-49(51(43)55)57-47-17-7-1-10-38(47)39-11-2-8-18-48(39)57/h1-28H. The lowest BCUT2D eigenvalue weighted by atomic mass is 9.97. The summed E-state index contributed by atoms with van der Waals surface area (Å²) in [7, 11) is 0. The highest BCUT2D eigenvalue weighted by Crippen LogP contribution is 2.41. The van der Waals surface area contributed by atoms with Crippen LogP contribution in [0.15, 0.2) is 170 Å². The van der Waals surface area contributed by atoms with Crippen molar-refractivity contribution in [2.24, 2.45) is 0 Å². The highest BCUT2D eigenvalue weighted by Gasteiger charge is 2.21. The smallest absolute Gasteiger partial charge is 0.101 e. The summed E-state index contributed by atoms with van der Waals surface area (Å²) in [6.45, 7) is 0. The fourth-order valence-electron chi connectivity index (χ4n) is 8.93. The van der Waals surface area contributed by atoms with E-state index in [1.165, 1.54) is 10.8 Å². The molecule has 8 aromatic carbocycles. The molecule has 3 heterocycles. The predicted octanol–water partition coefficient (Wildman–Crippen LogP) is 12.3. The van der Waals surface area contributed by atoms with Crippen molar-refractivity contribution in [3.63, 3.8) is 0 Å². The lowest BCUT2D eigenvalue weighted by Gasteiger charge is -2.16. The zero-order valence-corrected chi connectivity index (χ0v) is 30.3. The molecule has 6 heteroatoms. The van der Waals surface area contributed by atoms with Crippen molar-refractivity contribution in [2.75, 3.05) is 0 Å². The summed E-state index contributed by atoms with van der Waals surface area (Å²) in [6.07, 6.45) is 0. The normalized spacial score (nSPS) is 11.5. The fraction of sp³-hybridized carbons (Fsp3) is 0. The Morgan fingerprint density at radius 3 is 1.51 bits per heavy atom. The van der Waals surface area contributed by atoms with E-state index in [0.29, 0.717) is 22.4 Å². The van der Waals surface area contributed by atoms with Crippen LogP contribution < -0.4 is 0 Å². The largest absolute Gasteiger partial charge is 0.308 e. The van der Waals surface area contributed by atoms with E-state index in [-0.39, 0.29) is 0 Å². The van der Waals surface area contributed by atoms with E-state index in [9.17, 15) is 15.8 Å². The first-order chi connectivity index (χ1) is 28.2. The number of rotatable bonds is 4. The molecule has 3 aromatic heterocycles. The zero-order chi connectivity index (χ0) is 38.2. The van der Waals surface area contributed by atoms with Gasteiger partial charge in [0.05, 0.1) is 73.3 Å². The van der Waals surface area contributed by atoms with Crippen molar-refractivity contribution in [1.82, 2.24) is 13.7 Å². The summed E-state index contributed by atoms with van der Waals surface area (Å²) in [5, 5.41) is 37.7. The molecule has 0 spiro atoms. The SMILES string of the molecule is N#Cc1ccc2c3ccccc3n(-c3ccc(-c4ccc(-n5c6ccccc6c6cccc(-n7c8ccccc8c8ccccc87)c65)cc4C#N)cc3C#N)c2c1. The highest BCUT2D eigenvalue weighted by atomic mass is 15.1. The fourth-order valence-corrected chi connectivity index (χ4v) is 8.93. The minimum absolute atomic E-state index is 0.462. The number of hydrogen-bond acceptors (Lipinski definition) is 3. The molecule has 6 nitrogen and oxygen atoms in total. The first-order valence-electron chi connectivity index (χ1n) is 18.7. The number of fused-ring (bicyclic) bond motifs is 9. The predicted molar refractivity (Wildman–Crippen MR) is 229 cm³/mol. The van der Waals surface area contributed by atoms with Gasteiger partial charge in [-0.1, -0.05) is 103 Å². The number of para-hydroxylation sites is 5. The Balaban J connectivity index is 1.11. The molecule has 0 aliphatic rings. The van der Waals surface area contributed by atoms with Crippen molar-refractivity contribution in [1.29, 1.82) is 15.8 Å². The molecule has 57 heavy (non-hydrogen) atoms. The maximum atomic E-state index is 10.7. The van der Waals surface area contributed by atoms with E-state index >= 15 is 0 Å². The zero-order valence-electron chi connectivity index (χ0n) is 30.3. The maximum Gasteiger partial charge on any atom is 0.101 e. The minimum Gasteiger partial charge on any atom is -0.308 e. The number of benzene rings is 8. The minimum atomic E-state index is 0.462. The maximum absolute atomic E-state index is 10.7. The number of nitriles is 3. The van der Waals surface area contributed by atoms with Gasteiger partial charge in [0.25, 0.3) is 0 Å². The Labute approximate surface area is 326 Å². The monoisotopic (exact) mass is 724 g/mol. The highest BCUT2D eigenvalue weighted by molar-refractivity contribution is 6.15. The Morgan fingerprint density at radius 1 is 0.351 bits per heavy atom. The van der Waals surface area contributed by atoms with E-state index in [2.05, 4.69) is 135 Å². The first kappa shape index (κ1) is 32.1. The van der Waals surface area contributed by atoms with Crippen LogP contribution in [-0.4, -0.2) is 13.7 Å². The molecular weight excluding hydrogens is 697 g/mol. The van der Waals surface area contributed by atoms with Crippen molar-refractivity contribution >= 4 is 65.4 Å². The van der Waals surface area contributed by atoms with Crippen LogP contribution in [0, 0.1) is 34.0 Å². The molecule has 11 aromatic rings. The van der Waals surface area contributed by atoms with Gasteiger partial charge in [0.2, 0.25) is 0 Å². The lowest BCUT2D eigenvalue weighted by Crippen LogP contribution is -2.01. The molecule has 262 valence electrons. The third-order valence-electron chi connectivity index (χ3n) is 11.3. The van der Waals surface area contributed by atoms with E-state index < -0.39 is 0 Å². The quantitative estimate of drug-likeness (QED) is 0.181. The average Bonchev–Trinajstić information content (AvgIpc) is 3.91. The summed E-state index contributed by atoms with van der Waals surface area (Å²) < 4.78 is 6.68. The van der Waals surface area contributed by atoms with Gasteiger partial charge >= 0.3 is 0 Å². The Bertz CT molecular complexity index is 3580. The third kappa shape index (κ3) is 4.61. The molecule has 0 N–H and O–H groups in total. The van der Waals surface area contributed by atoms with Crippen molar-refractivity contribution < 1.29 is 0 Å². The molecule has 0 radical (unpaired) electrons. The molecule has 0 aliphatic heterocycles. The molecule has 0 fully saturated rings. The number of hydrogen-bond donors (Lipinski definition) is 0. The van der Waals surface area contributed by atoms with Crippen molar-refractivity contribution in [3.8, 4) is 46.4 Å². The molecule has 0 atom stereocenters. The second-order valence-corrected chi connectivity index (χ2v) is 14.3. The second kappa shape index (κ2) is 12.3. The lowest BCUT2D eigenvalue weighted by molar-refractivity contribution is 1.13. The number of nitrogens with zero attached hydrogens (tertiary/aromatic N) is 6. The van der Waals surface area contributed by atoms with Crippen LogP contribution in [0.5, 0.6) is 0 Å². The van der Waals surface area contributed by atoms with Gasteiger partial charge in [0, 0.05) is 38.0 Å². The summed E-state index contributed by atoms with van der Waals surface area (Å²) in [6, 6.07) is 64.7. The Kier molecular flexibility index (Phi) is 6.95. The summed E-state index contributed by atoms with van der Waals surface area (Å²) in [5.74, 6) is 0. The van der Waals surface area contributed by atoms with Crippen LogP contribution in [0.2, 0.25) is 0 Å². The molecule has 11 rings (SSSR count). The van der Waals surface area contributed by atoms with Gasteiger partial charge in [-0.05, 0) is 77.9 Å². The van der Waals surface area contributed by atoms with E-state index in [1.54, 1.807) is 0 Å². The summed E-state index contributed by atoms with van der Waals surface area (Å²) in [4.78, 5) is 0. The molecule has 0 amide bonds. The van der Waals surface area contributed by atoms with Gasteiger partial charge in [0.15, 0.2) is 0 Å². The van der Waals surface area contributed by atoms with Crippen LogP contribution in [0.4, 0.5) is 0 Å². The second-order valence-electron chi connectivity index (χ2n) is 14.3. The third-order valence-corrected chi connectivity index (χ3v) is 11.3. The first-order valence-corrected chi connectivity index (χ1v) is 18.7. The van der Waals surface area contributed by atoms with Crippen LogP contribution >= 0.6 is 0 Å². The van der Waals surface area contributed by atoms with E-state index in [0.717, 1.165) is 77.1 Å². The van der Waals surface area contributed by atoms with Crippen LogP contribution in [0.1, 0.15) is 16.7 Å². The van der Waals surface area contributed by atoms with Crippen molar-refractivity contribution in [2.45, 2.75) is 0 Å². The Hall–Kier alpha value is -8.37. The average molecular weight is 725 g/mol. The molecule has 0 unspecified atom stereocenters. The molecular formula is C51H28N6. The summed E-state index contributed by atoms with van der Waals surface area (Å²) in [5.41, 5.74) is 11.8. The van der Waals surface area contributed by atoms with Gasteiger partial charge in [-0.15, -0.1) is 0 Å². The molecule has 0 saturated carbocycles. The molecule has 0 bridgehead atoms. The number of aromatic nitrogens is 3. The van der Waals surface area contributed by atoms with Gasteiger partial charge in [-0.25, -0.2) is 0 Å². The van der Waals surface area contributed by atoms with Gasteiger partial charge in [-0.2, -0.15) is 15.8 Å². The van der Waals surface area contributed by atoms with Crippen molar-refractivity contribution in [3.05, 3.63) is 187 Å². The van der Waals surface area contributed by atoms with Gasteiger partial charge < -0.3 is 13.7 Å². The summed E-state index contributed by atoms with van der Waals surface area (Å²) >= 11 is 0. The Morgan fingerprint density at radius 2 is 0.895 bits per heavy atom.